The van der Waals surface area contributed by atoms with Gasteiger partial charge in [0.2, 0.25) is 5.91 Å². The van der Waals surface area contributed by atoms with E-state index in [1.165, 1.54) is 12.8 Å². The van der Waals surface area contributed by atoms with Crippen molar-refractivity contribution in [1.29, 1.82) is 0 Å². The zero-order valence-corrected chi connectivity index (χ0v) is 18.3. The Morgan fingerprint density at radius 2 is 1.93 bits per heavy atom. The minimum atomic E-state index is 0.0793. The van der Waals surface area contributed by atoms with E-state index >= 15 is 0 Å². The molecular formula is C23H38N2O3. The van der Waals surface area contributed by atoms with Crippen molar-refractivity contribution in [1.82, 2.24) is 4.90 Å². The van der Waals surface area contributed by atoms with Crippen LogP contribution in [0.4, 0.5) is 5.69 Å². The van der Waals surface area contributed by atoms with Crippen LogP contribution in [-0.2, 0) is 4.79 Å². The van der Waals surface area contributed by atoms with E-state index in [9.17, 15) is 4.79 Å². The molecule has 0 unspecified atom stereocenters. The fourth-order valence-corrected chi connectivity index (χ4v) is 3.86. The van der Waals surface area contributed by atoms with E-state index in [-0.39, 0.29) is 5.91 Å². The SMILES string of the molecule is CCCCC(=O)Nc1ccc(OCCN(C)C)c(OC)c1C1CCC(C)CC1. The predicted molar refractivity (Wildman–Crippen MR) is 116 cm³/mol. The van der Waals surface area contributed by atoms with Crippen molar-refractivity contribution in [2.45, 2.75) is 64.7 Å². The molecule has 1 aromatic carbocycles. The summed E-state index contributed by atoms with van der Waals surface area (Å²) in [7, 11) is 5.76. The van der Waals surface area contributed by atoms with Crippen molar-refractivity contribution < 1.29 is 14.3 Å². The number of unbranched alkanes of at least 4 members (excludes halogenated alkanes) is 1. The van der Waals surface area contributed by atoms with Gasteiger partial charge >= 0.3 is 0 Å². The van der Waals surface area contributed by atoms with Crippen LogP contribution in [0.2, 0.25) is 0 Å². The molecule has 28 heavy (non-hydrogen) atoms. The normalized spacial score (nSPS) is 19.5. The van der Waals surface area contributed by atoms with Crippen LogP contribution >= 0.6 is 0 Å². The molecule has 0 radical (unpaired) electrons. The van der Waals surface area contributed by atoms with Gasteiger partial charge in [0.15, 0.2) is 11.5 Å². The standard InChI is InChI=1S/C23H38N2O3/c1-6-7-8-21(26)24-19-13-14-20(28-16-15-25(3)4)23(27-5)22(19)18-11-9-17(2)10-12-18/h13-14,17-18H,6-12,15-16H2,1-5H3,(H,24,26). The first-order chi connectivity index (χ1) is 13.5. The number of nitrogens with one attached hydrogen (secondary N) is 1. The number of methoxy groups -OCH3 is 1. The third-order valence-corrected chi connectivity index (χ3v) is 5.62. The fourth-order valence-electron chi connectivity index (χ4n) is 3.86. The Morgan fingerprint density at radius 1 is 1.21 bits per heavy atom. The minimum Gasteiger partial charge on any atom is -0.492 e. The molecule has 1 N–H and O–H groups in total. The molecule has 5 nitrogen and oxygen atoms in total. The van der Waals surface area contributed by atoms with Gasteiger partial charge < -0.3 is 19.7 Å². The number of rotatable bonds is 10. The molecule has 0 saturated heterocycles. The van der Waals surface area contributed by atoms with Gasteiger partial charge in [-0.25, -0.2) is 0 Å². The second-order valence-electron chi connectivity index (χ2n) is 8.32. The number of likely N-dealkylation sites (N-methyl/N-ethyl adjacent to an activating group) is 1. The van der Waals surface area contributed by atoms with E-state index in [1.54, 1.807) is 7.11 Å². The van der Waals surface area contributed by atoms with Crippen molar-refractivity contribution in [2.75, 3.05) is 39.7 Å². The second-order valence-corrected chi connectivity index (χ2v) is 8.32. The van der Waals surface area contributed by atoms with Crippen LogP contribution in [0.25, 0.3) is 0 Å². The molecule has 2 rings (SSSR count). The highest BCUT2D eigenvalue weighted by molar-refractivity contribution is 5.92. The Bertz CT molecular complexity index is 623. The van der Waals surface area contributed by atoms with Crippen LogP contribution in [0, 0.1) is 5.92 Å². The lowest BCUT2D eigenvalue weighted by Gasteiger charge is -2.30. The molecule has 158 valence electrons. The second kappa shape index (κ2) is 11.3. The number of hydrogen-bond donors (Lipinski definition) is 1. The molecule has 1 amide bonds. The molecule has 5 heteroatoms. The molecule has 0 spiro atoms. The van der Waals surface area contributed by atoms with E-state index in [2.05, 4.69) is 24.1 Å². The zero-order valence-electron chi connectivity index (χ0n) is 18.3. The van der Waals surface area contributed by atoms with Crippen molar-refractivity contribution >= 4 is 11.6 Å². The first-order valence-electron chi connectivity index (χ1n) is 10.7. The van der Waals surface area contributed by atoms with Crippen molar-refractivity contribution in [3.8, 4) is 11.5 Å². The fraction of sp³-hybridized carbons (Fsp3) is 0.696. The number of anilines is 1. The van der Waals surface area contributed by atoms with Gasteiger partial charge in [0.1, 0.15) is 6.61 Å². The molecule has 1 saturated carbocycles. The summed E-state index contributed by atoms with van der Waals surface area (Å²) in [5.74, 6) is 2.79. The Balaban J connectivity index is 2.30. The Hall–Kier alpha value is -1.75. The monoisotopic (exact) mass is 390 g/mol. The molecule has 0 aliphatic heterocycles. The summed E-state index contributed by atoms with van der Waals surface area (Å²) in [5, 5.41) is 3.15. The van der Waals surface area contributed by atoms with Gasteiger partial charge in [0.25, 0.3) is 0 Å². The lowest BCUT2D eigenvalue weighted by Crippen LogP contribution is -2.20. The van der Waals surface area contributed by atoms with Gasteiger partial charge in [-0.05, 0) is 57.3 Å². The molecule has 1 aliphatic rings. The molecule has 1 fully saturated rings. The lowest BCUT2D eigenvalue weighted by molar-refractivity contribution is -0.116. The summed E-state index contributed by atoms with van der Waals surface area (Å²) in [4.78, 5) is 14.5. The Labute approximate surface area is 170 Å². The minimum absolute atomic E-state index is 0.0793. The van der Waals surface area contributed by atoms with E-state index in [1.807, 2.05) is 26.2 Å². The molecule has 0 aromatic heterocycles. The van der Waals surface area contributed by atoms with E-state index < -0.39 is 0 Å². The molecular weight excluding hydrogens is 352 g/mol. The van der Waals surface area contributed by atoms with Gasteiger partial charge in [0, 0.05) is 24.2 Å². The van der Waals surface area contributed by atoms with Crippen LogP contribution in [0.5, 0.6) is 11.5 Å². The number of ether oxygens (including phenoxy) is 2. The third kappa shape index (κ3) is 6.40. The number of carbonyl (C=O) groups is 1. The summed E-state index contributed by atoms with van der Waals surface area (Å²) >= 11 is 0. The number of benzene rings is 1. The topological polar surface area (TPSA) is 50.8 Å². The van der Waals surface area contributed by atoms with Crippen LogP contribution in [0.3, 0.4) is 0 Å². The Morgan fingerprint density at radius 3 is 2.54 bits per heavy atom. The highest BCUT2D eigenvalue weighted by Crippen LogP contribution is 2.46. The first kappa shape index (κ1) is 22.5. The summed E-state index contributed by atoms with van der Waals surface area (Å²) in [6.45, 7) is 5.87. The maximum absolute atomic E-state index is 12.4. The van der Waals surface area contributed by atoms with Crippen LogP contribution in [-0.4, -0.2) is 45.2 Å². The number of amides is 1. The number of nitrogens with zero attached hydrogens (tertiary/aromatic N) is 1. The molecule has 0 heterocycles. The first-order valence-corrected chi connectivity index (χ1v) is 10.7. The van der Waals surface area contributed by atoms with E-state index in [0.29, 0.717) is 18.9 Å². The quantitative estimate of drug-likeness (QED) is 0.607. The van der Waals surface area contributed by atoms with Crippen molar-refractivity contribution in [3.63, 3.8) is 0 Å². The lowest BCUT2D eigenvalue weighted by atomic mass is 9.78. The van der Waals surface area contributed by atoms with Crippen molar-refractivity contribution in [3.05, 3.63) is 17.7 Å². The van der Waals surface area contributed by atoms with Gasteiger partial charge in [-0.15, -0.1) is 0 Å². The van der Waals surface area contributed by atoms with Gasteiger partial charge in [-0.2, -0.15) is 0 Å². The zero-order chi connectivity index (χ0) is 20.5. The maximum atomic E-state index is 12.4. The van der Waals surface area contributed by atoms with Crippen LogP contribution in [0.15, 0.2) is 12.1 Å². The molecule has 1 aromatic rings. The van der Waals surface area contributed by atoms with E-state index in [4.69, 9.17) is 9.47 Å². The molecule has 0 bridgehead atoms. The van der Waals surface area contributed by atoms with Crippen molar-refractivity contribution in [2.24, 2.45) is 5.92 Å². The van der Waals surface area contributed by atoms with Gasteiger partial charge in [0.05, 0.1) is 7.11 Å². The Kier molecular flexibility index (Phi) is 9.10. The highest BCUT2D eigenvalue weighted by Gasteiger charge is 2.27. The average Bonchev–Trinajstić information content (AvgIpc) is 2.67. The summed E-state index contributed by atoms with van der Waals surface area (Å²) in [5.41, 5.74) is 2.00. The predicted octanol–water partition coefficient (Wildman–Crippen LogP) is 5.06. The average molecular weight is 391 g/mol. The maximum Gasteiger partial charge on any atom is 0.224 e. The van der Waals surface area contributed by atoms with Gasteiger partial charge in [-0.1, -0.05) is 33.1 Å². The molecule has 1 aliphatic carbocycles. The summed E-state index contributed by atoms with van der Waals surface area (Å²) in [6.07, 6.45) is 7.15. The van der Waals surface area contributed by atoms with E-state index in [0.717, 1.165) is 60.9 Å². The number of hydrogen-bond acceptors (Lipinski definition) is 4. The van der Waals surface area contributed by atoms with Crippen LogP contribution < -0.4 is 14.8 Å². The summed E-state index contributed by atoms with van der Waals surface area (Å²) in [6, 6.07) is 3.92. The molecule has 0 atom stereocenters. The largest absolute Gasteiger partial charge is 0.492 e. The number of carbonyl (C=O) groups excluding carboxylic acids is 1. The summed E-state index contributed by atoms with van der Waals surface area (Å²) < 4.78 is 11.9. The van der Waals surface area contributed by atoms with Gasteiger partial charge in [-0.3, -0.25) is 4.79 Å². The highest BCUT2D eigenvalue weighted by atomic mass is 16.5. The van der Waals surface area contributed by atoms with Crippen LogP contribution in [0.1, 0.15) is 70.3 Å². The third-order valence-electron chi connectivity index (χ3n) is 5.62. The smallest absolute Gasteiger partial charge is 0.224 e.